The zero-order valence-electron chi connectivity index (χ0n) is 7.63. The summed E-state index contributed by atoms with van der Waals surface area (Å²) in [5.74, 6) is -0.0473. The number of nitrogen functional groups attached to an aromatic ring is 1. The molecule has 0 saturated heterocycles. The molecule has 0 aliphatic rings. The minimum atomic E-state index is -0.535. The van der Waals surface area contributed by atoms with Gasteiger partial charge in [0.2, 0.25) is 0 Å². The predicted molar refractivity (Wildman–Crippen MR) is 50.7 cm³/mol. The minimum Gasteiger partial charge on any atom is -0.496 e. The molecule has 1 amide bonds. The minimum absolute atomic E-state index is 0.319. The third-order valence-corrected chi connectivity index (χ3v) is 1.77. The molecule has 0 saturated carbocycles. The molecular weight excluding hydrogens is 168 g/mol. The number of methoxy groups -OCH3 is 1. The van der Waals surface area contributed by atoms with Crippen molar-refractivity contribution in [1.29, 1.82) is 0 Å². The van der Waals surface area contributed by atoms with Crippen LogP contribution in [0, 0.1) is 6.92 Å². The number of nitrogens with two attached hydrogens (primary N) is 2. The van der Waals surface area contributed by atoms with Crippen LogP contribution >= 0.6 is 0 Å². The van der Waals surface area contributed by atoms with Gasteiger partial charge in [0.25, 0.3) is 5.91 Å². The molecule has 4 nitrogen and oxygen atoms in total. The van der Waals surface area contributed by atoms with E-state index in [2.05, 4.69) is 0 Å². The highest BCUT2D eigenvalue weighted by Gasteiger charge is 2.11. The first-order valence-electron chi connectivity index (χ1n) is 3.80. The highest BCUT2D eigenvalue weighted by molar-refractivity contribution is 5.97. The Labute approximate surface area is 76.5 Å². The van der Waals surface area contributed by atoms with Crippen LogP contribution in [0.2, 0.25) is 0 Å². The molecule has 0 bridgehead atoms. The van der Waals surface area contributed by atoms with Crippen molar-refractivity contribution in [2.24, 2.45) is 5.73 Å². The second-order valence-electron chi connectivity index (χ2n) is 2.78. The van der Waals surface area contributed by atoms with Gasteiger partial charge >= 0.3 is 0 Å². The maximum Gasteiger partial charge on any atom is 0.252 e. The first kappa shape index (κ1) is 9.38. The smallest absolute Gasteiger partial charge is 0.252 e. The summed E-state index contributed by atoms with van der Waals surface area (Å²) in [7, 11) is 1.49. The molecule has 1 aromatic rings. The molecular formula is C9H12N2O2. The molecule has 4 N–H and O–H groups in total. The summed E-state index contributed by atoms with van der Waals surface area (Å²) in [4.78, 5) is 11.0. The number of ether oxygens (including phenoxy) is 1. The third kappa shape index (κ3) is 1.72. The standard InChI is InChI=1S/C9H12N2O2/c1-5-3-6(10)4-7(9(11)12)8(5)13-2/h3-4H,10H2,1-2H3,(H2,11,12). The van der Waals surface area contributed by atoms with Crippen LogP contribution in [0.15, 0.2) is 12.1 Å². The van der Waals surface area contributed by atoms with E-state index in [0.717, 1.165) is 5.56 Å². The Balaban J connectivity index is 3.38. The van der Waals surface area contributed by atoms with Crippen molar-refractivity contribution in [3.8, 4) is 5.75 Å². The van der Waals surface area contributed by atoms with Gasteiger partial charge in [0.05, 0.1) is 12.7 Å². The average Bonchev–Trinajstić information content (AvgIpc) is 2.02. The fourth-order valence-corrected chi connectivity index (χ4v) is 1.26. The van der Waals surface area contributed by atoms with Gasteiger partial charge < -0.3 is 16.2 Å². The Morgan fingerprint density at radius 3 is 2.54 bits per heavy atom. The first-order chi connectivity index (χ1) is 6.06. The Kier molecular flexibility index (Phi) is 2.41. The van der Waals surface area contributed by atoms with Crippen LogP contribution in [0.25, 0.3) is 0 Å². The summed E-state index contributed by atoms with van der Waals surface area (Å²) in [6.45, 7) is 1.81. The van der Waals surface area contributed by atoms with Gasteiger partial charge in [-0.2, -0.15) is 0 Å². The molecule has 0 aliphatic heterocycles. The summed E-state index contributed by atoms with van der Waals surface area (Å²) in [5, 5.41) is 0. The molecule has 0 spiro atoms. The summed E-state index contributed by atoms with van der Waals surface area (Å²) in [5.41, 5.74) is 12.3. The van der Waals surface area contributed by atoms with Gasteiger partial charge in [0.1, 0.15) is 5.75 Å². The van der Waals surface area contributed by atoms with Crippen molar-refractivity contribution in [2.75, 3.05) is 12.8 Å². The molecule has 0 fully saturated rings. The van der Waals surface area contributed by atoms with Crippen LogP contribution in [0.5, 0.6) is 5.75 Å². The predicted octanol–water partition coefficient (Wildman–Crippen LogP) is 0.685. The lowest BCUT2D eigenvalue weighted by Crippen LogP contribution is -2.13. The Bertz CT molecular complexity index is 348. The van der Waals surface area contributed by atoms with Crippen LogP contribution < -0.4 is 16.2 Å². The molecule has 0 aromatic heterocycles. The molecule has 0 heterocycles. The van der Waals surface area contributed by atoms with Gasteiger partial charge in [-0.05, 0) is 24.6 Å². The number of carbonyl (C=O) groups excluding carboxylic acids is 1. The van der Waals surface area contributed by atoms with E-state index in [0.29, 0.717) is 17.0 Å². The highest BCUT2D eigenvalue weighted by atomic mass is 16.5. The second-order valence-corrected chi connectivity index (χ2v) is 2.78. The van der Waals surface area contributed by atoms with Crippen molar-refractivity contribution >= 4 is 11.6 Å². The van der Waals surface area contributed by atoms with Gasteiger partial charge in [-0.25, -0.2) is 0 Å². The molecule has 0 unspecified atom stereocenters. The van der Waals surface area contributed by atoms with E-state index in [1.165, 1.54) is 13.2 Å². The van der Waals surface area contributed by atoms with E-state index in [1.807, 2.05) is 6.92 Å². The number of amides is 1. The zero-order valence-corrected chi connectivity index (χ0v) is 7.63. The van der Waals surface area contributed by atoms with Crippen LogP contribution in [0.4, 0.5) is 5.69 Å². The summed E-state index contributed by atoms with van der Waals surface area (Å²) in [6, 6.07) is 3.24. The van der Waals surface area contributed by atoms with E-state index in [9.17, 15) is 4.79 Å². The number of benzene rings is 1. The molecule has 0 atom stereocenters. The summed E-state index contributed by atoms with van der Waals surface area (Å²) < 4.78 is 5.04. The van der Waals surface area contributed by atoms with Crippen LogP contribution in [0.1, 0.15) is 15.9 Å². The normalized spacial score (nSPS) is 9.69. The fourth-order valence-electron chi connectivity index (χ4n) is 1.26. The maximum atomic E-state index is 11.0. The fraction of sp³-hybridized carbons (Fsp3) is 0.222. The molecule has 1 rings (SSSR count). The number of primary amides is 1. The van der Waals surface area contributed by atoms with Crippen molar-refractivity contribution < 1.29 is 9.53 Å². The number of anilines is 1. The van der Waals surface area contributed by atoms with E-state index < -0.39 is 5.91 Å². The van der Waals surface area contributed by atoms with E-state index >= 15 is 0 Å². The maximum absolute atomic E-state index is 11.0. The Morgan fingerprint density at radius 1 is 1.46 bits per heavy atom. The number of hydrogen-bond donors (Lipinski definition) is 2. The van der Waals surface area contributed by atoms with Gasteiger partial charge in [-0.1, -0.05) is 0 Å². The lowest BCUT2D eigenvalue weighted by Gasteiger charge is -2.09. The molecule has 0 aliphatic carbocycles. The van der Waals surface area contributed by atoms with Crippen LogP contribution in [-0.4, -0.2) is 13.0 Å². The summed E-state index contributed by atoms with van der Waals surface area (Å²) in [6.07, 6.45) is 0. The second kappa shape index (κ2) is 3.35. The Morgan fingerprint density at radius 2 is 2.08 bits per heavy atom. The van der Waals surface area contributed by atoms with E-state index in [1.54, 1.807) is 6.07 Å². The highest BCUT2D eigenvalue weighted by Crippen LogP contribution is 2.25. The van der Waals surface area contributed by atoms with Crippen molar-refractivity contribution in [1.82, 2.24) is 0 Å². The van der Waals surface area contributed by atoms with Gasteiger partial charge in [0.15, 0.2) is 0 Å². The largest absolute Gasteiger partial charge is 0.496 e. The van der Waals surface area contributed by atoms with Crippen LogP contribution in [-0.2, 0) is 0 Å². The number of hydrogen-bond acceptors (Lipinski definition) is 3. The zero-order chi connectivity index (χ0) is 10.0. The number of aryl methyl sites for hydroxylation is 1. The number of carbonyl (C=O) groups is 1. The number of rotatable bonds is 2. The lowest BCUT2D eigenvalue weighted by molar-refractivity contribution is 0.0997. The van der Waals surface area contributed by atoms with Gasteiger partial charge in [0, 0.05) is 5.69 Å². The van der Waals surface area contributed by atoms with Gasteiger partial charge in [-0.3, -0.25) is 4.79 Å². The lowest BCUT2D eigenvalue weighted by atomic mass is 10.1. The Hall–Kier alpha value is -1.71. The molecule has 1 aromatic carbocycles. The monoisotopic (exact) mass is 180 g/mol. The van der Waals surface area contributed by atoms with Crippen molar-refractivity contribution in [2.45, 2.75) is 6.92 Å². The average molecular weight is 180 g/mol. The first-order valence-corrected chi connectivity index (χ1v) is 3.80. The SMILES string of the molecule is COc1c(C)cc(N)cc1C(N)=O. The quantitative estimate of drug-likeness (QED) is 0.657. The van der Waals surface area contributed by atoms with Gasteiger partial charge in [-0.15, -0.1) is 0 Å². The summed E-state index contributed by atoms with van der Waals surface area (Å²) >= 11 is 0. The molecule has 0 radical (unpaired) electrons. The third-order valence-electron chi connectivity index (χ3n) is 1.77. The van der Waals surface area contributed by atoms with Crippen LogP contribution in [0.3, 0.4) is 0 Å². The molecule has 13 heavy (non-hydrogen) atoms. The van der Waals surface area contributed by atoms with E-state index in [-0.39, 0.29) is 0 Å². The topological polar surface area (TPSA) is 78.3 Å². The van der Waals surface area contributed by atoms with E-state index in [4.69, 9.17) is 16.2 Å². The molecule has 70 valence electrons. The molecule has 4 heteroatoms. The van der Waals surface area contributed by atoms with Crippen molar-refractivity contribution in [3.05, 3.63) is 23.3 Å². The van der Waals surface area contributed by atoms with Crippen molar-refractivity contribution in [3.63, 3.8) is 0 Å².